The number of benzene rings is 2. The third-order valence-electron chi connectivity index (χ3n) is 5.66. The summed E-state index contributed by atoms with van der Waals surface area (Å²) in [6, 6.07) is 14.0. The highest BCUT2D eigenvalue weighted by Gasteiger charge is 2.30. The molecule has 35 heavy (non-hydrogen) atoms. The predicted octanol–water partition coefficient (Wildman–Crippen LogP) is -2.31. The molecule has 7 N–H and O–H groups in total. The number of hydrogen-bond donors (Lipinski definition) is 6. The molecule has 1 heterocycles. The number of carboxylic acid groups (broad SMARTS) is 1. The van der Waals surface area contributed by atoms with Gasteiger partial charge in [0.1, 0.15) is 31.0 Å². The molecule has 3 aromatic rings. The number of nitrogens with two attached hydrogens (primary N) is 1. The van der Waals surface area contributed by atoms with Gasteiger partial charge in [-0.1, -0.05) is 37.6 Å². The van der Waals surface area contributed by atoms with Gasteiger partial charge in [-0.25, -0.2) is 0 Å². The van der Waals surface area contributed by atoms with E-state index in [0.29, 0.717) is 21.8 Å². The monoisotopic (exact) mass is 490 g/mol. The predicted molar refractivity (Wildman–Crippen MR) is 128 cm³/mol. The van der Waals surface area contributed by atoms with Gasteiger partial charge in [-0.15, -0.1) is 0 Å². The van der Waals surface area contributed by atoms with Crippen molar-refractivity contribution in [3.63, 3.8) is 0 Å². The van der Waals surface area contributed by atoms with Crippen molar-refractivity contribution in [1.29, 1.82) is 0 Å². The zero-order chi connectivity index (χ0) is 26.0. The first kappa shape index (κ1) is 28.4. The van der Waals surface area contributed by atoms with Crippen LogP contribution in [0.1, 0.15) is 19.8 Å². The summed E-state index contributed by atoms with van der Waals surface area (Å²) < 4.78 is 1.60. The minimum absolute atomic E-state index is 0.0826. The van der Waals surface area contributed by atoms with E-state index in [2.05, 4.69) is 6.92 Å². The van der Waals surface area contributed by atoms with Crippen LogP contribution in [0.4, 0.5) is 0 Å². The maximum Gasteiger partial charge on any atom is 0.197 e. The normalized spacial score (nSPS) is 14.7. The van der Waals surface area contributed by atoms with E-state index < -0.39 is 37.0 Å². The molecule has 0 aliphatic rings. The van der Waals surface area contributed by atoms with Crippen LogP contribution in [0, 0.1) is 0 Å². The number of nitrogens with zero attached hydrogens (tertiary/aromatic N) is 1. The van der Waals surface area contributed by atoms with Crippen molar-refractivity contribution in [2.75, 3.05) is 19.7 Å². The highest BCUT2D eigenvalue weighted by Crippen LogP contribution is 2.18. The molecule has 0 amide bonds. The molecule has 0 aliphatic heterocycles. The standard InChI is InChI=1S/C15H11NO3.C10H23NO5/c17-14(18)9-16-12-7-3-1-5-10(12)15(19)11-6-2-4-8-13(11)16;1-2-3-4-11-5-7(13)9(15)10(16)8(14)6-12/h1-8H,9H2,(H,17,18);7-16H,2-6H2,1H3/t;7-,8+,9+,10+/m.0/s1. The van der Waals surface area contributed by atoms with Gasteiger partial charge in [0.05, 0.1) is 36.7 Å². The van der Waals surface area contributed by atoms with Gasteiger partial charge in [0.25, 0.3) is 0 Å². The minimum atomic E-state index is -1.53. The second-order valence-corrected chi connectivity index (χ2v) is 8.29. The number of aromatic nitrogens is 1. The maximum atomic E-state index is 12.3. The van der Waals surface area contributed by atoms with Crippen molar-refractivity contribution in [1.82, 2.24) is 4.57 Å². The second-order valence-electron chi connectivity index (χ2n) is 8.29. The van der Waals surface area contributed by atoms with Crippen LogP contribution in [-0.4, -0.2) is 80.2 Å². The molecule has 4 atom stereocenters. The van der Waals surface area contributed by atoms with Gasteiger partial charge in [0, 0.05) is 10.8 Å². The highest BCUT2D eigenvalue weighted by molar-refractivity contribution is 5.94. The lowest BCUT2D eigenvalue weighted by atomic mass is 10.0. The number of carbonyl (C=O) groups is 1. The van der Waals surface area contributed by atoms with E-state index in [-0.39, 0.29) is 18.5 Å². The Kier molecular flexibility index (Phi) is 11.3. The van der Waals surface area contributed by atoms with Crippen LogP contribution in [0.3, 0.4) is 0 Å². The fourth-order valence-electron chi connectivity index (χ4n) is 3.72. The van der Waals surface area contributed by atoms with Crippen molar-refractivity contribution in [2.24, 2.45) is 0 Å². The van der Waals surface area contributed by atoms with Crippen LogP contribution in [-0.2, 0) is 11.3 Å². The summed E-state index contributed by atoms with van der Waals surface area (Å²) >= 11 is 0. The van der Waals surface area contributed by atoms with Crippen LogP contribution >= 0.6 is 0 Å². The number of aliphatic hydroxyl groups excluding tert-OH is 5. The van der Waals surface area contributed by atoms with Gasteiger partial charge in [0.15, 0.2) is 5.43 Å². The number of rotatable bonds is 11. The van der Waals surface area contributed by atoms with E-state index in [0.717, 1.165) is 19.4 Å². The van der Waals surface area contributed by atoms with E-state index in [4.69, 9.17) is 10.2 Å². The zero-order valence-corrected chi connectivity index (χ0v) is 19.7. The Balaban J connectivity index is 0.000000252. The van der Waals surface area contributed by atoms with Gasteiger partial charge in [-0.2, -0.15) is 0 Å². The molecule has 192 valence electrons. The summed E-state index contributed by atoms with van der Waals surface area (Å²) in [7, 11) is 0. The molecular weight excluding hydrogens is 456 g/mol. The molecule has 0 bridgehead atoms. The van der Waals surface area contributed by atoms with Crippen LogP contribution in [0.25, 0.3) is 21.8 Å². The molecule has 0 unspecified atom stereocenters. The number of carbonyl (C=O) groups excluding carboxylic acids is 1. The summed E-state index contributed by atoms with van der Waals surface area (Å²) in [6.07, 6.45) is -3.45. The Morgan fingerprint density at radius 3 is 1.94 bits per heavy atom. The number of pyridine rings is 1. The molecule has 0 radical (unpaired) electrons. The molecule has 3 rings (SSSR count). The molecule has 0 aliphatic carbocycles. The smallest absolute Gasteiger partial charge is 0.197 e. The van der Waals surface area contributed by atoms with Crippen molar-refractivity contribution >= 4 is 27.8 Å². The average molecular weight is 491 g/mol. The Hall–Kier alpha value is -2.86. The lowest BCUT2D eigenvalue weighted by molar-refractivity contribution is -0.662. The molecule has 0 fully saturated rings. The molecule has 0 spiro atoms. The third-order valence-corrected chi connectivity index (χ3v) is 5.66. The van der Waals surface area contributed by atoms with Gasteiger partial charge < -0.3 is 45.3 Å². The van der Waals surface area contributed by atoms with E-state index in [9.17, 15) is 30.0 Å². The maximum absolute atomic E-state index is 12.3. The van der Waals surface area contributed by atoms with Gasteiger partial charge >= 0.3 is 0 Å². The number of para-hydroxylation sites is 2. The lowest BCUT2D eigenvalue weighted by Gasteiger charge is -2.24. The van der Waals surface area contributed by atoms with Gasteiger partial charge in [-0.3, -0.25) is 4.79 Å². The molecule has 10 heteroatoms. The van der Waals surface area contributed by atoms with Crippen molar-refractivity contribution in [3.05, 3.63) is 58.8 Å². The third kappa shape index (κ3) is 7.56. The van der Waals surface area contributed by atoms with Gasteiger partial charge in [0.2, 0.25) is 0 Å². The van der Waals surface area contributed by atoms with Crippen molar-refractivity contribution in [2.45, 2.75) is 50.7 Å². The minimum Gasteiger partial charge on any atom is -0.548 e. The van der Waals surface area contributed by atoms with Crippen LogP contribution in [0.5, 0.6) is 0 Å². The molecule has 1 aromatic heterocycles. The van der Waals surface area contributed by atoms with Crippen LogP contribution < -0.4 is 15.9 Å². The van der Waals surface area contributed by atoms with E-state index in [1.807, 2.05) is 5.32 Å². The fraction of sp³-hybridized carbons (Fsp3) is 0.440. The first-order valence-electron chi connectivity index (χ1n) is 11.6. The number of carboxylic acids is 1. The number of aliphatic carboxylic acids is 1. The Morgan fingerprint density at radius 2 is 1.46 bits per heavy atom. The second kappa shape index (κ2) is 13.9. The van der Waals surface area contributed by atoms with E-state index in [1.165, 1.54) is 0 Å². The van der Waals surface area contributed by atoms with Crippen LogP contribution in [0.2, 0.25) is 0 Å². The number of fused-ring (bicyclic) bond motifs is 2. The number of unbranched alkanes of at least 4 members (excludes halogenated alkanes) is 1. The largest absolute Gasteiger partial charge is 0.548 e. The van der Waals surface area contributed by atoms with Crippen molar-refractivity contribution in [3.8, 4) is 0 Å². The van der Waals surface area contributed by atoms with E-state index in [1.54, 1.807) is 53.1 Å². The summed E-state index contributed by atoms with van der Waals surface area (Å²) in [6.45, 7) is 2.24. The highest BCUT2D eigenvalue weighted by atomic mass is 16.4. The molecule has 2 aromatic carbocycles. The zero-order valence-electron chi connectivity index (χ0n) is 19.7. The first-order chi connectivity index (χ1) is 16.7. The summed E-state index contributed by atoms with van der Waals surface area (Å²) in [5, 5.41) is 59.7. The Bertz CT molecular complexity index is 1090. The first-order valence-corrected chi connectivity index (χ1v) is 11.6. The summed E-state index contributed by atoms with van der Waals surface area (Å²) in [5.74, 6) is -1.18. The van der Waals surface area contributed by atoms with Crippen molar-refractivity contribution < 1.29 is 40.8 Å². The Labute approximate surface area is 202 Å². The summed E-state index contributed by atoms with van der Waals surface area (Å²) in [5.41, 5.74) is 1.13. The molecular formula is C25H34N2O8. The number of hydrogen-bond acceptors (Lipinski definition) is 8. The Morgan fingerprint density at radius 1 is 0.943 bits per heavy atom. The number of aliphatic hydroxyl groups is 5. The quantitative estimate of drug-likeness (QED) is 0.128. The van der Waals surface area contributed by atoms with Gasteiger partial charge in [-0.05, 0) is 30.7 Å². The summed E-state index contributed by atoms with van der Waals surface area (Å²) in [4.78, 5) is 23.3. The number of quaternary nitrogens is 1. The average Bonchev–Trinajstić information content (AvgIpc) is 2.87. The lowest BCUT2D eigenvalue weighted by Crippen LogP contribution is -2.87. The fourth-order valence-corrected chi connectivity index (χ4v) is 3.72. The molecule has 0 saturated heterocycles. The topological polar surface area (TPSA) is 180 Å². The SMILES string of the molecule is CCCC[NH2+]C[C@H](O)[C@@H](O)[C@H](O)[C@H](O)CO.O=C([O-])Cn1c2ccccc2c(=O)c2ccccc21. The van der Waals surface area contributed by atoms with E-state index >= 15 is 0 Å². The molecule has 0 saturated carbocycles. The van der Waals surface area contributed by atoms with Crippen LogP contribution in [0.15, 0.2) is 53.3 Å². The molecule has 10 nitrogen and oxygen atoms in total.